The molecule has 144 valence electrons. The van der Waals surface area contributed by atoms with E-state index in [2.05, 4.69) is 11.8 Å². The number of carbonyl (C=O) groups is 1. The van der Waals surface area contributed by atoms with Gasteiger partial charge in [-0.1, -0.05) is 24.3 Å². The van der Waals surface area contributed by atoms with Crippen molar-refractivity contribution in [2.45, 2.75) is 25.9 Å². The van der Waals surface area contributed by atoms with E-state index in [0.717, 1.165) is 16.8 Å². The maximum absolute atomic E-state index is 12.2. The van der Waals surface area contributed by atoms with Crippen molar-refractivity contribution in [2.75, 3.05) is 23.7 Å². The van der Waals surface area contributed by atoms with E-state index in [-0.39, 0.29) is 17.4 Å². The maximum atomic E-state index is 12.2. The first-order chi connectivity index (χ1) is 12.8. The van der Waals surface area contributed by atoms with Crippen molar-refractivity contribution < 1.29 is 18.3 Å². The van der Waals surface area contributed by atoms with Crippen molar-refractivity contribution >= 4 is 21.7 Å². The van der Waals surface area contributed by atoms with Crippen LogP contribution in [0.25, 0.3) is 0 Å². The molecule has 0 spiro atoms. The number of sulfonamides is 1. The molecule has 0 bridgehead atoms. The lowest BCUT2D eigenvalue weighted by Gasteiger charge is -2.26. The molecule has 0 amide bonds. The van der Waals surface area contributed by atoms with Crippen LogP contribution in [0, 0.1) is 0 Å². The Morgan fingerprint density at radius 1 is 1.22 bits per heavy atom. The van der Waals surface area contributed by atoms with E-state index in [1.807, 2.05) is 43.4 Å². The molecule has 6 nitrogen and oxygen atoms in total. The zero-order valence-corrected chi connectivity index (χ0v) is 16.3. The van der Waals surface area contributed by atoms with Crippen molar-refractivity contribution in [3.63, 3.8) is 0 Å². The van der Waals surface area contributed by atoms with Gasteiger partial charge in [-0.05, 0) is 55.8 Å². The molecule has 0 aromatic heterocycles. The topological polar surface area (TPSA) is 77.9 Å². The average Bonchev–Trinajstić information content (AvgIpc) is 3.00. The molecule has 1 N–H and O–H groups in total. The molecule has 0 radical (unpaired) electrons. The molecule has 1 atom stereocenters. The van der Waals surface area contributed by atoms with E-state index >= 15 is 0 Å². The Balaban J connectivity index is 1.74. The highest BCUT2D eigenvalue weighted by molar-refractivity contribution is 7.93. The summed E-state index contributed by atoms with van der Waals surface area (Å²) in [5, 5.41) is 8.99. The molecule has 0 aliphatic carbocycles. The SMILES string of the molecule is CC(c1cccc(N2CCCS2(=O)=O)c1)N(C)Cc1ccc(C(=O)O)cc1. The van der Waals surface area contributed by atoms with Gasteiger partial charge in [0.1, 0.15) is 0 Å². The Morgan fingerprint density at radius 2 is 1.93 bits per heavy atom. The van der Waals surface area contributed by atoms with Gasteiger partial charge in [-0.25, -0.2) is 13.2 Å². The number of hydrogen-bond acceptors (Lipinski definition) is 4. The van der Waals surface area contributed by atoms with E-state index in [9.17, 15) is 13.2 Å². The zero-order chi connectivity index (χ0) is 19.6. The highest BCUT2D eigenvalue weighted by atomic mass is 32.2. The number of rotatable bonds is 6. The predicted molar refractivity (Wildman–Crippen MR) is 105 cm³/mol. The zero-order valence-electron chi connectivity index (χ0n) is 15.5. The molecule has 1 heterocycles. The van der Waals surface area contributed by atoms with Crippen LogP contribution in [-0.2, 0) is 16.6 Å². The number of anilines is 1. The maximum Gasteiger partial charge on any atom is 0.335 e. The van der Waals surface area contributed by atoms with E-state index in [0.29, 0.717) is 19.5 Å². The van der Waals surface area contributed by atoms with Gasteiger partial charge in [0.15, 0.2) is 0 Å². The van der Waals surface area contributed by atoms with Crippen LogP contribution in [0.4, 0.5) is 5.69 Å². The number of aromatic carboxylic acids is 1. The summed E-state index contributed by atoms with van der Waals surface area (Å²) in [7, 11) is -1.20. The van der Waals surface area contributed by atoms with Gasteiger partial charge in [-0.3, -0.25) is 9.21 Å². The van der Waals surface area contributed by atoms with E-state index in [1.54, 1.807) is 12.1 Å². The molecule has 2 aromatic rings. The largest absolute Gasteiger partial charge is 0.478 e. The average molecular weight is 388 g/mol. The van der Waals surface area contributed by atoms with Crippen LogP contribution < -0.4 is 4.31 Å². The monoisotopic (exact) mass is 388 g/mol. The quantitative estimate of drug-likeness (QED) is 0.823. The van der Waals surface area contributed by atoms with E-state index < -0.39 is 16.0 Å². The van der Waals surface area contributed by atoms with Gasteiger partial charge in [0.2, 0.25) is 10.0 Å². The fraction of sp³-hybridized carbons (Fsp3) is 0.350. The second kappa shape index (κ2) is 7.70. The third-order valence-corrected chi connectivity index (χ3v) is 6.90. The molecule has 1 saturated heterocycles. The highest BCUT2D eigenvalue weighted by Crippen LogP contribution is 2.28. The fourth-order valence-corrected chi connectivity index (χ4v) is 4.86. The predicted octanol–water partition coefficient (Wildman–Crippen LogP) is 3.12. The van der Waals surface area contributed by atoms with Crippen molar-refractivity contribution in [2.24, 2.45) is 0 Å². The normalized spacial score (nSPS) is 17.2. The standard InChI is InChI=1S/C20H24N2O4S/c1-15(21(2)14-16-7-9-17(10-8-16)20(23)24)18-5-3-6-19(13-18)22-11-4-12-27(22,25)26/h3,5-10,13,15H,4,11-12,14H2,1-2H3,(H,23,24). The lowest BCUT2D eigenvalue weighted by Crippen LogP contribution is -2.26. The summed E-state index contributed by atoms with van der Waals surface area (Å²) < 4.78 is 25.8. The van der Waals surface area contributed by atoms with Crippen molar-refractivity contribution in [3.05, 3.63) is 65.2 Å². The van der Waals surface area contributed by atoms with Crippen LogP contribution in [0.1, 0.15) is 40.9 Å². The first-order valence-corrected chi connectivity index (χ1v) is 10.5. The van der Waals surface area contributed by atoms with Gasteiger partial charge in [-0.15, -0.1) is 0 Å². The Labute approximate surface area is 160 Å². The van der Waals surface area contributed by atoms with Gasteiger partial charge >= 0.3 is 5.97 Å². The summed E-state index contributed by atoms with van der Waals surface area (Å²) in [6.45, 7) is 3.27. The van der Waals surface area contributed by atoms with Crippen LogP contribution in [0.3, 0.4) is 0 Å². The molecule has 1 unspecified atom stereocenters. The summed E-state index contributed by atoms with van der Waals surface area (Å²) >= 11 is 0. The second-order valence-electron chi connectivity index (χ2n) is 6.93. The van der Waals surface area contributed by atoms with Crippen molar-refractivity contribution in [1.82, 2.24) is 4.90 Å². The summed E-state index contributed by atoms with van der Waals surface area (Å²) in [6, 6.07) is 14.6. The first kappa shape index (κ1) is 19.4. The molecule has 1 fully saturated rings. The fourth-order valence-electron chi connectivity index (χ4n) is 3.30. The molecule has 0 saturated carbocycles. The minimum Gasteiger partial charge on any atom is -0.478 e. The number of benzene rings is 2. The number of nitrogens with zero attached hydrogens (tertiary/aromatic N) is 2. The van der Waals surface area contributed by atoms with Crippen LogP contribution in [0.2, 0.25) is 0 Å². The molecule has 1 aliphatic rings. The van der Waals surface area contributed by atoms with Gasteiger partial charge in [0.05, 0.1) is 17.0 Å². The van der Waals surface area contributed by atoms with E-state index in [1.165, 1.54) is 4.31 Å². The van der Waals surface area contributed by atoms with Crippen LogP contribution in [-0.4, -0.2) is 43.7 Å². The number of carboxylic acid groups (broad SMARTS) is 1. The molecule has 27 heavy (non-hydrogen) atoms. The lowest BCUT2D eigenvalue weighted by molar-refractivity contribution is 0.0697. The molecular weight excluding hydrogens is 364 g/mol. The van der Waals surface area contributed by atoms with Crippen LogP contribution in [0.5, 0.6) is 0 Å². The van der Waals surface area contributed by atoms with E-state index in [4.69, 9.17) is 5.11 Å². The summed E-state index contributed by atoms with van der Waals surface area (Å²) in [5.74, 6) is -0.726. The minimum atomic E-state index is -3.19. The minimum absolute atomic E-state index is 0.0782. The van der Waals surface area contributed by atoms with Gasteiger partial charge < -0.3 is 5.11 Å². The Morgan fingerprint density at radius 3 is 2.52 bits per heavy atom. The van der Waals surface area contributed by atoms with Gasteiger partial charge in [0.25, 0.3) is 0 Å². The Hall–Kier alpha value is -2.38. The highest BCUT2D eigenvalue weighted by Gasteiger charge is 2.28. The first-order valence-electron chi connectivity index (χ1n) is 8.91. The molecule has 7 heteroatoms. The van der Waals surface area contributed by atoms with Crippen LogP contribution >= 0.6 is 0 Å². The van der Waals surface area contributed by atoms with Gasteiger partial charge in [0, 0.05) is 19.1 Å². The summed E-state index contributed by atoms with van der Waals surface area (Å²) in [6.07, 6.45) is 0.661. The van der Waals surface area contributed by atoms with Crippen LogP contribution in [0.15, 0.2) is 48.5 Å². The number of hydrogen-bond donors (Lipinski definition) is 1. The molecule has 3 rings (SSSR count). The van der Waals surface area contributed by atoms with Crippen molar-refractivity contribution in [1.29, 1.82) is 0 Å². The third kappa shape index (κ3) is 4.31. The van der Waals surface area contributed by atoms with Gasteiger partial charge in [-0.2, -0.15) is 0 Å². The number of carboxylic acids is 1. The molecule has 2 aromatic carbocycles. The van der Waals surface area contributed by atoms with Crippen molar-refractivity contribution in [3.8, 4) is 0 Å². The summed E-state index contributed by atoms with van der Waals surface area (Å²) in [4.78, 5) is 13.1. The smallest absolute Gasteiger partial charge is 0.335 e. The molecule has 1 aliphatic heterocycles. The molecular formula is C20H24N2O4S. The lowest BCUT2D eigenvalue weighted by atomic mass is 10.1. The Kier molecular flexibility index (Phi) is 5.53. The second-order valence-corrected chi connectivity index (χ2v) is 8.94. The summed E-state index contributed by atoms with van der Waals surface area (Å²) in [5.41, 5.74) is 3.05. The Bertz CT molecular complexity index is 925. The third-order valence-electron chi connectivity index (χ3n) is 5.03.